The molecular formula is C9H9ClN2O3S. The van der Waals surface area contributed by atoms with E-state index in [1.807, 2.05) is 6.92 Å². The summed E-state index contributed by atoms with van der Waals surface area (Å²) in [4.78, 5) is 15.2. The molecule has 0 aliphatic carbocycles. The van der Waals surface area contributed by atoms with Crippen LogP contribution in [0.1, 0.15) is 23.7 Å². The highest BCUT2D eigenvalue weighted by atomic mass is 35.7. The first-order valence-electron chi connectivity index (χ1n) is 4.59. The van der Waals surface area contributed by atoms with Crippen molar-refractivity contribution in [2.45, 2.75) is 19.4 Å². The van der Waals surface area contributed by atoms with E-state index in [4.69, 9.17) is 10.7 Å². The van der Waals surface area contributed by atoms with Crippen molar-refractivity contribution in [1.29, 1.82) is 0 Å². The van der Waals surface area contributed by atoms with Gasteiger partial charge in [0.15, 0.2) is 0 Å². The second-order valence-electron chi connectivity index (χ2n) is 3.58. The third kappa shape index (κ3) is 1.90. The van der Waals surface area contributed by atoms with Crippen LogP contribution in [0.15, 0.2) is 18.3 Å². The van der Waals surface area contributed by atoms with E-state index < -0.39 is 21.2 Å². The van der Waals surface area contributed by atoms with E-state index in [0.717, 1.165) is 5.69 Å². The standard InChI is InChI=1S/C9H9ClN2O3S/c1-6-2-3-7(5-11-6)8-4-9(13)12(8)16(10,14)15/h2-3,5,8H,4H2,1H3. The molecule has 0 saturated carbocycles. The molecular weight excluding hydrogens is 252 g/mol. The molecule has 2 rings (SSSR count). The minimum absolute atomic E-state index is 0.149. The summed E-state index contributed by atoms with van der Waals surface area (Å²) in [6, 6.07) is 2.99. The number of hydrogen-bond acceptors (Lipinski definition) is 4. The molecule has 1 fully saturated rings. The minimum Gasteiger partial charge on any atom is -0.274 e. The Hall–Kier alpha value is -1.14. The minimum atomic E-state index is -3.99. The lowest BCUT2D eigenvalue weighted by Crippen LogP contribution is -2.47. The Morgan fingerprint density at radius 3 is 2.62 bits per heavy atom. The normalized spacial score (nSPS) is 20.8. The highest BCUT2D eigenvalue weighted by Crippen LogP contribution is 2.37. The van der Waals surface area contributed by atoms with Crippen molar-refractivity contribution in [2.24, 2.45) is 0 Å². The Labute approximate surface area is 97.6 Å². The van der Waals surface area contributed by atoms with Gasteiger partial charge in [0.1, 0.15) is 0 Å². The van der Waals surface area contributed by atoms with Crippen molar-refractivity contribution in [1.82, 2.24) is 9.29 Å². The van der Waals surface area contributed by atoms with Gasteiger partial charge in [-0.2, -0.15) is 8.42 Å². The Morgan fingerprint density at radius 2 is 2.19 bits per heavy atom. The molecule has 1 atom stereocenters. The maximum Gasteiger partial charge on any atom is 0.324 e. The molecule has 0 bridgehead atoms. The van der Waals surface area contributed by atoms with Crippen LogP contribution in [-0.4, -0.2) is 23.6 Å². The Bertz CT molecular complexity index is 526. The molecule has 1 aliphatic rings. The highest BCUT2D eigenvalue weighted by molar-refractivity contribution is 8.12. The van der Waals surface area contributed by atoms with Gasteiger partial charge in [-0.15, -0.1) is 0 Å². The SMILES string of the molecule is Cc1ccc(C2CC(=O)N2S(=O)(=O)Cl)cn1. The highest BCUT2D eigenvalue weighted by Gasteiger charge is 2.44. The fourth-order valence-corrected chi connectivity index (χ4v) is 2.94. The van der Waals surface area contributed by atoms with Gasteiger partial charge in [-0.1, -0.05) is 6.07 Å². The quantitative estimate of drug-likeness (QED) is 0.591. The number of rotatable bonds is 2. The zero-order valence-corrected chi connectivity index (χ0v) is 9.99. The summed E-state index contributed by atoms with van der Waals surface area (Å²) in [5, 5.41) is 0. The molecule has 0 N–H and O–H groups in total. The lowest BCUT2D eigenvalue weighted by Gasteiger charge is -2.37. The first-order chi connectivity index (χ1) is 7.39. The molecule has 16 heavy (non-hydrogen) atoms. The lowest BCUT2D eigenvalue weighted by atomic mass is 9.99. The summed E-state index contributed by atoms with van der Waals surface area (Å²) in [6.07, 6.45) is 1.71. The van der Waals surface area contributed by atoms with E-state index in [-0.39, 0.29) is 6.42 Å². The van der Waals surface area contributed by atoms with Gasteiger partial charge in [-0.25, -0.2) is 4.31 Å². The van der Waals surface area contributed by atoms with Crippen molar-refractivity contribution in [3.8, 4) is 0 Å². The van der Waals surface area contributed by atoms with E-state index in [9.17, 15) is 13.2 Å². The van der Waals surface area contributed by atoms with Crippen molar-refractivity contribution in [3.05, 3.63) is 29.6 Å². The maximum atomic E-state index is 11.2. The summed E-state index contributed by atoms with van der Waals surface area (Å²) in [5.74, 6) is -0.486. The number of carbonyl (C=O) groups is 1. The largest absolute Gasteiger partial charge is 0.324 e. The molecule has 0 spiro atoms. The summed E-state index contributed by atoms with van der Waals surface area (Å²) >= 11 is 0. The monoisotopic (exact) mass is 260 g/mol. The van der Waals surface area contributed by atoms with Crippen LogP contribution < -0.4 is 0 Å². The molecule has 1 aliphatic heterocycles. The fourth-order valence-electron chi connectivity index (χ4n) is 1.60. The van der Waals surface area contributed by atoms with Crippen molar-refractivity contribution in [3.63, 3.8) is 0 Å². The predicted octanol–water partition coefficient (Wildman–Crippen LogP) is 1.15. The molecule has 5 nitrogen and oxygen atoms in total. The third-order valence-electron chi connectivity index (χ3n) is 2.45. The van der Waals surface area contributed by atoms with E-state index in [2.05, 4.69) is 4.98 Å². The second-order valence-corrected chi connectivity index (χ2v) is 5.97. The zero-order chi connectivity index (χ0) is 11.9. The molecule has 7 heteroatoms. The molecule has 0 aromatic carbocycles. The molecule has 1 unspecified atom stereocenters. The number of pyridine rings is 1. The summed E-state index contributed by atoms with van der Waals surface area (Å²) < 4.78 is 22.9. The Kier molecular flexibility index (Phi) is 2.63. The third-order valence-corrected chi connectivity index (χ3v) is 3.82. The molecule has 2 heterocycles. The number of nitrogens with zero attached hydrogens (tertiary/aromatic N) is 2. The lowest BCUT2D eigenvalue weighted by molar-refractivity contribution is -0.137. The molecule has 1 aromatic rings. The molecule has 1 amide bonds. The topological polar surface area (TPSA) is 67.3 Å². The number of β-lactam (4-membered cyclic amide) rings is 1. The van der Waals surface area contributed by atoms with Gasteiger partial charge < -0.3 is 0 Å². The number of carbonyl (C=O) groups excluding carboxylic acids is 1. The Morgan fingerprint density at radius 1 is 1.50 bits per heavy atom. The van der Waals surface area contributed by atoms with E-state index in [1.165, 1.54) is 0 Å². The Balaban J connectivity index is 2.30. The molecule has 0 radical (unpaired) electrons. The first kappa shape index (κ1) is 11.3. The zero-order valence-electron chi connectivity index (χ0n) is 8.42. The van der Waals surface area contributed by atoms with Gasteiger partial charge in [0.25, 0.3) is 0 Å². The summed E-state index contributed by atoms with van der Waals surface area (Å²) in [5.41, 5.74) is 1.50. The van der Waals surface area contributed by atoms with Gasteiger partial charge in [-0.3, -0.25) is 9.78 Å². The first-order valence-corrected chi connectivity index (χ1v) is 6.85. The van der Waals surface area contributed by atoms with Crippen LogP contribution in [0.25, 0.3) is 0 Å². The number of aromatic nitrogens is 1. The van der Waals surface area contributed by atoms with Crippen LogP contribution in [0.5, 0.6) is 0 Å². The maximum absolute atomic E-state index is 11.2. The average Bonchev–Trinajstić information content (AvgIpc) is 2.13. The number of halogens is 1. The average molecular weight is 261 g/mol. The van der Waals surface area contributed by atoms with Gasteiger partial charge in [-0.05, 0) is 18.6 Å². The van der Waals surface area contributed by atoms with Crippen LogP contribution in [0.4, 0.5) is 0 Å². The molecule has 1 saturated heterocycles. The van der Waals surface area contributed by atoms with Crippen LogP contribution >= 0.6 is 10.7 Å². The van der Waals surface area contributed by atoms with E-state index in [1.54, 1.807) is 18.3 Å². The second kappa shape index (κ2) is 3.71. The number of hydrogen-bond donors (Lipinski definition) is 0. The van der Waals surface area contributed by atoms with Crippen LogP contribution in [-0.2, 0) is 14.0 Å². The van der Waals surface area contributed by atoms with E-state index >= 15 is 0 Å². The van der Waals surface area contributed by atoms with Crippen molar-refractivity contribution in [2.75, 3.05) is 0 Å². The summed E-state index contributed by atoms with van der Waals surface area (Å²) in [6.45, 7) is 1.83. The fraction of sp³-hybridized carbons (Fsp3) is 0.333. The smallest absolute Gasteiger partial charge is 0.274 e. The van der Waals surface area contributed by atoms with Crippen molar-refractivity contribution >= 4 is 25.8 Å². The van der Waals surface area contributed by atoms with Gasteiger partial charge >= 0.3 is 9.24 Å². The number of aryl methyl sites for hydroxylation is 1. The predicted molar refractivity (Wildman–Crippen MR) is 58.0 cm³/mol. The van der Waals surface area contributed by atoms with Gasteiger partial charge in [0, 0.05) is 22.6 Å². The van der Waals surface area contributed by atoms with Crippen LogP contribution in [0.2, 0.25) is 0 Å². The molecule has 86 valence electrons. The van der Waals surface area contributed by atoms with Gasteiger partial charge in [0.05, 0.1) is 12.5 Å². The molecule has 1 aromatic heterocycles. The van der Waals surface area contributed by atoms with Gasteiger partial charge in [0.2, 0.25) is 5.91 Å². The van der Waals surface area contributed by atoms with Crippen molar-refractivity contribution < 1.29 is 13.2 Å². The number of amides is 1. The van der Waals surface area contributed by atoms with Crippen LogP contribution in [0, 0.1) is 6.92 Å². The van der Waals surface area contributed by atoms with E-state index in [0.29, 0.717) is 9.87 Å². The van der Waals surface area contributed by atoms with Crippen LogP contribution in [0.3, 0.4) is 0 Å². The summed E-state index contributed by atoms with van der Waals surface area (Å²) in [7, 11) is 1.17.